The molecular formula is C21H30N2O4. The smallest absolute Gasteiger partial charge is 0.329 e. The van der Waals surface area contributed by atoms with Crippen molar-refractivity contribution in [3.05, 3.63) is 35.4 Å². The molecule has 1 saturated carbocycles. The summed E-state index contributed by atoms with van der Waals surface area (Å²) in [5, 5.41) is 12.5. The maximum Gasteiger partial charge on any atom is 0.329 e. The first-order valence-corrected chi connectivity index (χ1v) is 9.65. The summed E-state index contributed by atoms with van der Waals surface area (Å²) in [4.78, 5) is 38.1. The molecule has 2 amide bonds. The van der Waals surface area contributed by atoms with Gasteiger partial charge in [0.15, 0.2) is 0 Å². The Labute approximate surface area is 160 Å². The maximum atomic E-state index is 12.6. The molecule has 148 valence electrons. The third-order valence-corrected chi connectivity index (χ3v) is 5.23. The topological polar surface area (TPSA) is 86.7 Å². The SMILES string of the molecule is CC(C)C(=O)N(C)Cc1ccc(C(=O)NC2(C(=O)O)CCCCCC2)cc1. The van der Waals surface area contributed by atoms with Gasteiger partial charge in [0.1, 0.15) is 5.54 Å². The molecule has 2 rings (SSSR count). The zero-order chi connectivity index (χ0) is 20.0. The zero-order valence-electron chi connectivity index (χ0n) is 16.5. The Morgan fingerprint density at radius 1 is 1.07 bits per heavy atom. The summed E-state index contributed by atoms with van der Waals surface area (Å²) in [5.41, 5.74) is 0.183. The van der Waals surface area contributed by atoms with Crippen molar-refractivity contribution in [2.75, 3.05) is 7.05 Å². The molecule has 1 aromatic rings. The van der Waals surface area contributed by atoms with Crippen molar-refractivity contribution >= 4 is 17.8 Å². The molecule has 1 aliphatic rings. The largest absolute Gasteiger partial charge is 0.480 e. The van der Waals surface area contributed by atoms with E-state index in [4.69, 9.17) is 0 Å². The van der Waals surface area contributed by atoms with Crippen molar-refractivity contribution in [1.82, 2.24) is 10.2 Å². The number of nitrogens with one attached hydrogen (secondary N) is 1. The van der Waals surface area contributed by atoms with Crippen LogP contribution in [0.2, 0.25) is 0 Å². The number of carboxylic acids is 1. The van der Waals surface area contributed by atoms with E-state index >= 15 is 0 Å². The Bertz CT molecular complexity index is 674. The van der Waals surface area contributed by atoms with Crippen molar-refractivity contribution in [3.63, 3.8) is 0 Å². The van der Waals surface area contributed by atoms with Crippen LogP contribution in [0.1, 0.15) is 68.3 Å². The highest BCUT2D eigenvalue weighted by molar-refractivity contribution is 5.97. The highest BCUT2D eigenvalue weighted by Crippen LogP contribution is 2.28. The molecule has 0 spiro atoms. The summed E-state index contributed by atoms with van der Waals surface area (Å²) in [6, 6.07) is 6.98. The fraction of sp³-hybridized carbons (Fsp3) is 0.571. The van der Waals surface area contributed by atoms with E-state index in [2.05, 4.69) is 5.32 Å². The second-order valence-corrected chi connectivity index (χ2v) is 7.80. The molecule has 6 nitrogen and oxygen atoms in total. The van der Waals surface area contributed by atoms with Crippen LogP contribution in [0.3, 0.4) is 0 Å². The Hall–Kier alpha value is -2.37. The highest BCUT2D eigenvalue weighted by atomic mass is 16.4. The van der Waals surface area contributed by atoms with E-state index in [1.165, 1.54) is 0 Å². The lowest BCUT2D eigenvalue weighted by Crippen LogP contribution is -2.54. The van der Waals surface area contributed by atoms with E-state index in [9.17, 15) is 19.5 Å². The van der Waals surface area contributed by atoms with Crippen LogP contribution < -0.4 is 5.32 Å². The molecule has 27 heavy (non-hydrogen) atoms. The second kappa shape index (κ2) is 9.02. The van der Waals surface area contributed by atoms with Gasteiger partial charge in [0.05, 0.1) is 0 Å². The number of hydrogen-bond acceptors (Lipinski definition) is 3. The average molecular weight is 374 g/mol. The Balaban J connectivity index is 2.06. The van der Waals surface area contributed by atoms with Crippen LogP contribution in [0.4, 0.5) is 0 Å². The molecule has 0 bridgehead atoms. The minimum absolute atomic E-state index is 0.0631. The lowest BCUT2D eigenvalue weighted by Gasteiger charge is -2.29. The number of nitrogens with zero attached hydrogens (tertiary/aromatic N) is 1. The lowest BCUT2D eigenvalue weighted by atomic mass is 9.89. The quantitative estimate of drug-likeness (QED) is 0.749. The Morgan fingerprint density at radius 3 is 2.11 bits per heavy atom. The van der Waals surface area contributed by atoms with E-state index in [0.717, 1.165) is 31.2 Å². The third kappa shape index (κ3) is 5.31. The van der Waals surface area contributed by atoms with Crippen LogP contribution in [0.15, 0.2) is 24.3 Å². The Kier molecular flexibility index (Phi) is 6.99. The Morgan fingerprint density at radius 2 is 1.63 bits per heavy atom. The van der Waals surface area contributed by atoms with Crippen molar-refractivity contribution in [2.45, 2.75) is 64.5 Å². The molecule has 0 aliphatic heterocycles. The molecule has 0 atom stereocenters. The molecular weight excluding hydrogens is 344 g/mol. The number of hydrogen-bond donors (Lipinski definition) is 2. The monoisotopic (exact) mass is 374 g/mol. The number of carboxylic acid groups (broad SMARTS) is 1. The summed E-state index contributed by atoms with van der Waals surface area (Å²) in [6.07, 6.45) is 4.55. The first-order valence-electron chi connectivity index (χ1n) is 9.65. The third-order valence-electron chi connectivity index (χ3n) is 5.23. The summed E-state index contributed by atoms with van der Waals surface area (Å²) >= 11 is 0. The number of benzene rings is 1. The van der Waals surface area contributed by atoms with E-state index in [-0.39, 0.29) is 17.7 Å². The summed E-state index contributed by atoms with van der Waals surface area (Å²) in [7, 11) is 1.76. The van der Waals surface area contributed by atoms with Gasteiger partial charge >= 0.3 is 5.97 Å². The van der Waals surface area contributed by atoms with Gasteiger partial charge in [-0.05, 0) is 30.5 Å². The standard InChI is InChI=1S/C21H30N2O4/c1-15(2)19(25)23(3)14-16-8-10-17(11-9-16)18(24)22-21(20(26)27)12-6-4-5-7-13-21/h8-11,15H,4-7,12-14H2,1-3H3,(H,22,24)(H,26,27). The van der Waals surface area contributed by atoms with Crippen LogP contribution in [0.5, 0.6) is 0 Å². The van der Waals surface area contributed by atoms with Gasteiger partial charge in [0.2, 0.25) is 5.91 Å². The van der Waals surface area contributed by atoms with Gasteiger partial charge in [0, 0.05) is 25.1 Å². The number of carbonyl (C=O) groups is 3. The van der Waals surface area contributed by atoms with Gasteiger partial charge < -0.3 is 15.3 Å². The summed E-state index contributed by atoms with van der Waals surface area (Å²) in [5.74, 6) is -1.32. The predicted octanol–water partition coefficient (Wildman–Crippen LogP) is 3.21. The fourth-order valence-electron chi connectivity index (χ4n) is 3.57. The van der Waals surface area contributed by atoms with Crippen molar-refractivity contribution in [2.24, 2.45) is 5.92 Å². The van der Waals surface area contributed by atoms with Crippen LogP contribution >= 0.6 is 0 Å². The molecule has 1 aliphatic carbocycles. The molecule has 0 unspecified atom stereocenters. The van der Waals surface area contributed by atoms with Crippen LogP contribution in [0.25, 0.3) is 0 Å². The highest BCUT2D eigenvalue weighted by Gasteiger charge is 2.40. The lowest BCUT2D eigenvalue weighted by molar-refractivity contribution is -0.145. The van der Waals surface area contributed by atoms with Crippen molar-refractivity contribution in [1.29, 1.82) is 0 Å². The van der Waals surface area contributed by atoms with E-state index < -0.39 is 11.5 Å². The van der Waals surface area contributed by atoms with Crippen molar-refractivity contribution in [3.8, 4) is 0 Å². The normalized spacial score (nSPS) is 16.4. The summed E-state index contributed by atoms with van der Waals surface area (Å²) < 4.78 is 0. The molecule has 0 radical (unpaired) electrons. The van der Waals surface area contributed by atoms with E-state index in [0.29, 0.717) is 24.9 Å². The van der Waals surface area contributed by atoms with E-state index in [1.807, 2.05) is 13.8 Å². The number of carbonyl (C=O) groups excluding carboxylic acids is 2. The van der Waals surface area contributed by atoms with Gasteiger partial charge in [-0.1, -0.05) is 51.7 Å². The fourth-order valence-corrected chi connectivity index (χ4v) is 3.57. The van der Waals surface area contributed by atoms with Gasteiger partial charge in [-0.15, -0.1) is 0 Å². The zero-order valence-corrected chi connectivity index (χ0v) is 16.5. The predicted molar refractivity (Wildman–Crippen MR) is 103 cm³/mol. The summed E-state index contributed by atoms with van der Waals surface area (Å²) in [6.45, 7) is 4.19. The molecule has 1 aromatic carbocycles. The first kappa shape index (κ1) is 20.9. The van der Waals surface area contributed by atoms with Gasteiger partial charge in [-0.25, -0.2) is 4.79 Å². The van der Waals surface area contributed by atoms with Crippen LogP contribution in [0, 0.1) is 5.92 Å². The number of amides is 2. The van der Waals surface area contributed by atoms with Gasteiger partial charge in [-0.2, -0.15) is 0 Å². The van der Waals surface area contributed by atoms with Crippen LogP contribution in [-0.2, 0) is 16.1 Å². The molecule has 1 fully saturated rings. The number of rotatable bonds is 6. The molecule has 2 N–H and O–H groups in total. The molecule has 0 heterocycles. The molecule has 0 aromatic heterocycles. The van der Waals surface area contributed by atoms with Crippen molar-refractivity contribution < 1.29 is 19.5 Å². The first-order chi connectivity index (χ1) is 12.7. The van der Waals surface area contributed by atoms with Gasteiger partial charge in [0.25, 0.3) is 5.91 Å². The second-order valence-electron chi connectivity index (χ2n) is 7.80. The molecule has 6 heteroatoms. The molecule has 0 saturated heterocycles. The van der Waals surface area contributed by atoms with Gasteiger partial charge in [-0.3, -0.25) is 9.59 Å². The minimum Gasteiger partial charge on any atom is -0.480 e. The average Bonchev–Trinajstić information content (AvgIpc) is 2.88. The maximum absolute atomic E-state index is 12.6. The van der Waals surface area contributed by atoms with Crippen LogP contribution in [-0.4, -0.2) is 40.4 Å². The minimum atomic E-state index is -1.17. The van der Waals surface area contributed by atoms with E-state index in [1.54, 1.807) is 36.2 Å². The number of aliphatic carboxylic acids is 1.